The molecule has 0 heterocycles. The lowest BCUT2D eigenvalue weighted by Crippen LogP contribution is -2.23. The van der Waals surface area contributed by atoms with Crippen LogP contribution in [0.1, 0.15) is 34.1 Å². The molecule has 0 saturated heterocycles. The van der Waals surface area contributed by atoms with E-state index in [1.165, 1.54) is 13.0 Å². The van der Waals surface area contributed by atoms with E-state index in [0.717, 1.165) is 19.6 Å². The zero-order valence-corrected chi connectivity index (χ0v) is 9.48. The summed E-state index contributed by atoms with van der Waals surface area (Å²) in [5, 5.41) is 3.30. The summed E-state index contributed by atoms with van der Waals surface area (Å²) in [6.45, 7) is 12.9. The van der Waals surface area contributed by atoms with Crippen molar-refractivity contribution < 1.29 is 0 Å². The van der Waals surface area contributed by atoms with Crippen LogP contribution in [0.4, 0.5) is 0 Å². The normalized spacial score (nSPS) is 9.50. The summed E-state index contributed by atoms with van der Waals surface area (Å²) in [6, 6.07) is 0. The van der Waals surface area contributed by atoms with Gasteiger partial charge < -0.3 is 10.2 Å². The van der Waals surface area contributed by atoms with Crippen molar-refractivity contribution >= 4 is 0 Å². The molecule has 0 rings (SSSR count). The van der Waals surface area contributed by atoms with Gasteiger partial charge in [0.05, 0.1) is 0 Å². The molecule has 0 atom stereocenters. The highest BCUT2D eigenvalue weighted by Gasteiger charge is 1.91. The second kappa shape index (κ2) is 13.5. The minimum absolute atomic E-state index is 1.09. The van der Waals surface area contributed by atoms with Gasteiger partial charge >= 0.3 is 0 Å². The summed E-state index contributed by atoms with van der Waals surface area (Å²) < 4.78 is 0. The van der Waals surface area contributed by atoms with Gasteiger partial charge in [-0.2, -0.15) is 0 Å². The smallest absolute Gasteiger partial charge is 0.000981 e. The fourth-order valence-electron chi connectivity index (χ4n) is 0.809. The topological polar surface area (TPSA) is 15.3 Å². The Morgan fingerprint density at radius 1 is 1.17 bits per heavy atom. The lowest BCUT2D eigenvalue weighted by atomic mass is 10.4. The molecule has 0 aliphatic heterocycles. The summed E-state index contributed by atoms with van der Waals surface area (Å²) in [6.07, 6.45) is 1.26. The van der Waals surface area contributed by atoms with E-state index >= 15 is 0 Å². The Kier molecular flexibility index (Phi) is 16.3. The van der Waals surface area contributed by atoms with Gasteiger partial charge in [-0.05, 0) is 39.6 Å². The molecule has 12 heavy (non-hydrogen) atoms. The summed E-state index contributed by atoms with van der Waals surface area (Å²) in [4.78, 5) is 2.33. The van der Waals surface area contributed by atoms with Crippen LogP contribution in [0.3, 0.4) is 0 Å². The highest BCUT2D eigenvalue weighted by molar-refractivity contribution is 4.50. The van der Waals surface area contributed by atoms with E-state index in [9.17, 15) is 0 Å². The Bertz CT molecular complexity index is 64.9. The second-order valence-electron chi connectivity index (χ2n) is 2.60. The summed E-state index contributed by atoms with van der Waals surface area (Å²) in [5.74, 6) is 0. The molecule has 0 amide bonds. The lowest BCUT2D eigenvalue weighted by molar-refractivity contribution is 0.345. The molecule has 0 aliphatic carbocycles. The number of hydrogen-bond donors (Lipinski definition) is 1. The molecule has 76 valence electrons. The van der Waals surface area contributed by atoms with E-state index in [-0.39, 0.29) is 0 Å². The summed E-state index contributed by atoms with van der Waals surface area (Å²) in [5.41, 5.74) is 0. The standard InChI is InChI=1S/C8H20N2.C2H6/c1-4-9-7-6-8-10(3)5-2;1-2/h9H,4-8H2,1-3H3;1-2H3. The molecule has 2 nitrogen and oxygen atoms in total. The zero-order valence-electron chi connectivity index (χ0n) is 9.48. The van der Waals surface area contributed by atoms with Crippen LogP contribution in [0.15, 0.2) is 0 Å². The minimum atomic E-state index is 1.09. The Hall–Kier alpha value is -0.0800. The van der Waals surface area contributed by atoms with Crippen molar-refractivity contribution in [3.63, 3.8) is 0 Å². The highest BCUT2D eigenvalue weighted by Crippen LogP contribution is 1.83. The molecule has 0 aromatic rings. The second-order valence-corrected chi connectivity index (χ2v) is 2.60. The number of hydrogen-bond acceptors (Lipinski definition) is 2. The molecule has 0 fully saturated rings. The van der Waals surface area contributed by atoms with Gasteiger partial charge in [0.25, 0.3) is 0 Å². The summed E-state index contributed by atoms with van der Waals surface area (Å²) in [7, 11) is 2.16. The first kappa shape index (κ1) is 14.4. The number of nitrogens with one attached hydrogen (secondary N) is 1. The van der Waals surface area contributed by atoms with E-state index in [1.807, 2.05) is 13.8 Å². The largest absolute Gasteiger partial charge is 0.317 e. The first-order chi connectivity index (χ1) is 5.81. The highest BCUT2D eigenvalue weighted by atomic mass is 15.1. The van der Waals surface area contributed by atoms with Crippen molar-refractivity contribution in [3.05, 3.63) is 0 Å². The van der Waals surface area contributed by atoms with Crippen LogP contribution >= 0.6 is 0 Å². The molecular weight excluding hydrogens is 148 g/mol. The van der Waals surface area contributed by atoms with Crippen LogP contribution in [0.2, 0.25) is 0 Å². The average molecular weight is 174 g/mol. The van der Waals surface area contributed by atoms with Crippen LogP contribution in [0.5, 0.6) is 0 Å². The van der Waals surface area contributed by atoms with Gasteiger partial charge in [-0.15, -0.1) is 0 Å². The van der Waals surface area contributed by atoms with Crippen molar-refractivity contribution in [1.82, 2.24) is 10.2 Å². The molecule has 2 heteroatoms. The Balaban J connectivity index is 0. The van der Waals surface area contributed by atoms with Crippen LogP contribution in [-0.2, 0) is 0 Å². The van der Waals surface area contributed by atoms with Gasteiger partial charge in [-0.3, -0.25) is 0 Å². The van der Waals surface area contributed by atoms with Gasteiger partial charge in [0, 0.05) is 0 Å². The third kappa shape index (κ3) is 12.6. The van der Waals surface area contributed by atoms with E-state index in [0.29, 0.717) is 0 Å². The molecule has 0 spiro atoms. The van der Waals surface area contributed by atoms with Gasteiger partial charge in [0.2, 0.25) is 0 Å². The SMILES string of the molecule is CC.CCNCCCN(C)CC. The third-order valence-electron chi connectivity index (χ3n) is 1.68. The van der Waals surface area contributed by atoms with Gasteiger partial charge in [-0.1, -0.05) is 27.7 Å². The van der Waals surface area contributed by atoms with E-state index < -0.39 is 0 Å². The maximum atomic E-state index is 3.30. The molecule has 0 aromatic heterocycles. The predicted octanol–water partition coefficient (Wildman–Crippen LogP) is 1.96. The number of nitrogens with zero attached hydrogens (tertiary/aromatic N) is 1. The van der Waals surface area contributed by atoms with E-state index in [2.05, 4.69) is 31.1 Å². The van der Waals surface area contributed by atoms with Crippen molar-refractivity contribution in [2.75, 3.05) is 33.2 Å². The van der Waals surface area contributed by atoms with Crippen molar-refractivity contribution in [1.29, 1.82) is 0 Å². The van der Waals surface area contributed by atoms with Gasteiger partial charge in [-0.25, -0.2) is 0 Å². The van der Waals surface area contributed by atoms with Crippen molar-refractivity contribution in [2.45, 2.75) is 34.1 Å². The van der Waals surface area contributed by atoms with Crippen LogP contribution in [0.25, 0.3) is 0 Å². The van der Waals surface area contributed by atoms with Crippen LogP contribution < -0.4 is 5.32 Å². The first-order valence-electron chi connectivity index (χ1n) is 5.20. The average Bonchev–Trinajstić information content (AvgIpc) is 2.15. The molecule has 1 N–H and O–H groups in total. The monoisotopic (exact) mass is 174 g/mol. The van der Waals surface area contributed by atoms with Crippen molar-refractivity contribution in [2.24, 2.45) is 0 Å². The fraction of sp³-hybridized carbons (Fsp3) is 1.00. The molecular formula is C10H26N2. The lowest BCUT2D eigenvalue weighted by Gasteiger charge is -2.12. The first-order valence-corrected chi connectivity index (χ1v) is 5.20. The number of rotatable bonds is 6. The van der Waals surface area contributed by atoms with Gasteiger partial charge in [0.1, 0.15) is 0 Å². The maximum absolute atomic E-state index is 3.30. The maximum Gasteiger partial charge on any atom is -0.000981 e. The molecule has 0 unspecified atom stereocenters. The van der Waals surface area contributed by atoms with Crippen LogP contribution in [-0.4, -0.2) is 38.1 Å². The molecule has 0 saturated carbocycles. The molecule has 0 aromatic carbocycles. The fourth-order valence-corrected chi connectivity index (χ4v) is 0.809. The Labute approximate surface area is 78.3 Å². The molecule has 0 aliphatic rings. The third-order valence-corrected chi connectivity index (χ3v) is 1.68. The van der Waals surface area contributed by atoms with Gasteiger partial charge in [0.15, 0.2) is 0 Å². The Morgan fingerprint density at radius 2 is 1.75 bits per heavy atom. The minimum Gasteiger partial charge on any atom is -0.317 e. The summed E-state index contributed by atoms with van der Waals surface area (Å²) >= 11 is 0. The molecule has 0 bridgehead atoms. The molecule has 0 radical (unpaired) electrons. The van der Waals surface area contributed by atoms with E-state index in [4.69, 9.17) is 0 Å². The Morgan fingerprint density at radius 3 is 2.17 bits per heavy atom. The van der Waals surface area contributed by atoms with Crippen molar-refractivity contribution in [3.8, 4) is 0 Å². The predicted molar refractivity (Wildman–Crippen MR) is 57.7 cm³/mol. The zero-order chi connectivity index (χ0) is 9.82. The quantitative estimate of drug-likeness (QED) is 0.619. The van der Waals surface area contributed by atoms with Crippen LogP contribution in [0, 0.1) is 0 Å². The van der Waals surface area contributed by atoms with E-state index in [1.54, 1.807) is 0 Å².